The molecule has 0 radical (unpaired) electrons. The van der Waals surface area contributed by atoms with Crippen LogP contribution in [0.25, 0.3) is 0 Å². The number of ether oxygens (including phenoxy) is 2. The van der Waals surface area contributed by atoms with Crippen molar-refractivity contribution >= 4 is 67.1 Å². The van der Waals surface area contributed by atoms with Gasteiger partial charge in [-0.15, -0.1) is 11.6 Å². The smallest absolute Gasteiger partial charge is 0.497 e. The fourth-order valence-electron chi connectivity index (χ4n) is 3.25. The molecule has 0 aliphatic heterocycles. The van der Waals surface area contributed by atoms with Gasteiger partial charge in [-0.25, -0.2) is 9.59 Å². The van der Waals surface area contributed by atoms with Gasteiger partial charge in [-0.2, -0.15) is 0 Å². The van der Waals surface area contributed by atoms with Gasteiger partial charge in [0.25, 0.3) is 0 Å². The van der Waals surface area contributed by atoms with E-state index in [9.17, 15) is 14.4 Å². The number of ketones is 1. The Kier molecular flexibility index (Phi) is 30.3. The van der Waals surface area contributed by atoms with Gasteiger partial charge < -0.3 is 56.2 Å². The summed E-state index contributed by atoms with van der Waals surface area (Å²) in [6.07, 6.45) is -3.46. The van der Waals surface area contributed by atoms with Crippen molar-refractivity contribution in [3.05, 3.63) is 95.6 Å². The third-order valence-electron chi connectivity index (χ3n) is 5.92. The van der Waals surface area contributed by atoms with Crippen molar-refractivity contribution in [2.45, 2.75) is 43.5 Å². The van der Waals surface area contributed by atoms with Gasteiger partial charge in [0.15, 0.2) is 18.0 Å². The van der Waals surface area contributed by atoms with Gasteiger partial charge in [0.2, 0.25) is 0 Å². The van der Waals surface area contributed by atoms with Crippen LogP contribution in [0.5, 0.6) is 11.5 Å². The van der Waals surface area contributed by atoms with Crippen LogP contribution in [0.1, 0.15) is 37.0 Å². The van der Waals surface area contributed by atoms with E-state index in [0.717, 1.165) is 28.2 Å². The number of carboxylic acids is 2. The maximum Gasteiger partial charge on any atom is 2.00 e. The number of aliphatic hydroxyl groups excluding tert-OH is 5. The van der Waals surface area contributed by atoms with Crippen molar-refractivity contribution in [1.29, 1.82) is 0 Å². The van der Waals surface area contributed by atoms with E-state index in [0.29, 0.717) is 6.42 Å². The molecule has 14 nitrogen and oxygen atoms in total. The zero-order chi connectivity index (χ0) is 34.6. The first kappa shape index (κ1) is 52.0. The average molecular weight is 729 g/mol. The van der Waals surface area contributed by atoms with Gasteiger partial charge >= 0.3 is 49.7 Å². The van der Waals surface area contributed by atoms with E-state index in [1.165, 1.54) is 6.92 Å². The van der Waals surface area contributed by atoms with Crippen LogP contribution in [0.4, 0.5) is 0 Å². The Morgan fingerprint density at radius 2 is 0.979 bits per heavy atom. The second kappa shape index (κ2) is 28.0. The fraction of sp³-hybridized carbons (Fsp3) is 0.344. The molecule has 0 spiro atoms. The van der Waals surface area contributed by atoms with Crippen molar-refractivity contribution < 1.29 is 70.6 Å². The van der Waals surface area contributed by atoms with Gasteiger partial charge in [0, 0.05) is 0 Å². The Bertz CT molecular complexity index is 1180. The van der Waals surface area contributed by atoms with Crippen molar-refractivity contribution in [2.75, 3.05) is 27.4 Å². The summed E-state index contributed by atoms with van der Waals surface area (Å²) in [4.78, 5) is 28.4. The Morgan fingerprint density at radius 3 is 1.17 bits per heavy atom. The van der Waals surface area contributed by atoms with Crippen LogP contribution >= 0.6 is 11.6 Å². The molecule has 0 amide bonds. The molecule has 3 rings (SSSR count). The van der Waals surface area contributed by atoms with Crippen LogP contribution in [-0.4, -0.2) is 148 Å². The summed E-state index contributed by atoms with van der Waals surface area (Å²) in [7, 11) is 3.31. The first-order chi connectivity index (χ1) is 21.2. The normalized spacial score (nSPS) is 11.5. The molecule has 3 aromatic rings. The summed E-state index contributed by atoms with van der Waals surface area (Å²) in [5.74, 6) is -1.34. The Hall–Kier alpha value is -2.86. The SMILES string of the molecule is CCC(O)C(C)=O.COc1ccc(C(Cl)(c2ccccc2)c2ccc(OC)cc2)cc1.O.O.O=C(O)C(O)CO.O=C(O)C(O)CO.[Ca+2]. The number of carboxylic acid groups (broad SMARTS) is 2. The molecule has 0 aliphatic carbocycles. The predicted molar refractivity (Wildman–Crippen MR) is 180 cm³/mol. The molecule has 11 N–H and O–H groups in total. The van der Waals surface area contributed by atoms with Gasteiger partial charge in [0.05, 0.1) is 27.4 Å². The molecule has 0 aliphatic rings. The topological polar surface area (TPSA) is 274 Å². The number of alkyl halides is 1. The zero-order valence-electron chi connectivity index (χ0n) is 27.1. The second-order valence-corrected chi connectivity index (χ2v) is 9.66. The third-order valence-corrected chi connectivity index (χ3v) is 6.57. The van der Waals surface area contributed by atoms with Crippen molar-refractivity contribution in [3.8, 4) is 11.5 Å². The Labute approximate surface area is 313 Å². The van der Waals surface area contributed by atoms with Crippen LogP contribution in [0.2, 0.25) is 0 Å². The Balaban J connectivity index is -0.000000335. The minimum atomic E-state index is -1.63. The molecular weight excluding hydrogens is 684 g/mol. The molecule has 16 heteroatoms. The van der Waals surface area contributed by atoms with E-state index in [1.54, 1.807) is 21.1 Å². The largest absolute Gasteiger partial charge is 2.00 e. The maximum absolute atomic E-state index is 10.1. The van der Waals surface area contributed by atoms with Crippen LogP contribution < -0.4 is 9.47 Å². The molecule has 0 aromatic heterocycles. The van der Waals surface area contributed by atoms with Crippen molar-refractivity contribution in [3.63, 3.8) is 0 Å². The number of carbonyl (C=O) groups is 3. The number of carbonyl (C=O) groups excluding carboxylic acids is 1. The summed E-state index contributed by atoms with van der Waals surface area (Å²) in [5, 5.41) is 56.0. The number of Topliss-reactive ketones (excluding diaryl/α,β-unsaturated/α-hetero) is 1. The molecule has 3 aromatic carbocycles. The van der Waals surface area contributed by atoms with E-state index >= 15 is 0 Å². The van der Waals surface area contributed by atoms with E-state index in [4.69, 9.17) is 56.8 Å². The third kappa shape index (κ3) is 18.1. The summed E-state index contributed by atoms with van der Waals surface area (Å²) in [6.45, 7) is 1.70. The number of rotatable bonds is 11. The number of hydrogen-bond donors (Lipinski definition) is 7. The van der Waals surface area contributed by atoms with Crippen molar-refractivity contribution in [1.82, 2.24) is 0 Å². The number of methoxy groups -OCH3 is 2. The number of benzene rings is 3. The summed E-state index contributed by atoms with van der Waals surface area (Å²) in [5.41, 5.74) is 2.99. The van der Waals surface area contributed by atoms with Gasteiger partial charge in [0.1, 0.15) is 22.5 Å². The molecule has 264 valence electrons. The van der Waals surface area contributed by atoms with Gasteiger partial charge in [-0.3, -0.25) is 4.79 Å². The molecule has 0 heterocycles. The minimum absolute atomic E-state index is 0. The van der Waals surface area contributed by atoms with E-state index in [2.05, 4.69) is 0 Å². The van der Waals surface area contributed by atoms with E-state index in [1.807, 2.05) is 78.9 Å². The van der Waals surface area contributed by atoms with Crippen LogP contribution in [0.15, 0.2) is 78.9 Å². The first-order valence-corrected chi connectivity index (χ1v) is 13.9. The summed E-state index contributed by atoms with van der Waals surface area (Å²) in [6, 6.07) is 25.8. The maximum atomic E-state index is 10.1. The molecule has 0 fully saturated rings. The minimum Gasteiger partial charge on any atom is -0.497 e. The predicted octanol–water partition coefficient (Wildman–Crippen LogP) is 0.399. The molecule has 48 heavy (non-hydrogen) atoms. The molecule has 3 atom stereocenters. The van der Waals surface area contributed by atoms with Crippen LogP contribution in [0, 0.1) is 0 Å². The number of halogens is 1. The summed E-state index contributed by atoms with van der Waals surface area (Å²) >= 11 is 7.22. The standard InChI is InChI=1S/C21H19ClO2.C5H10O2.2C3H6O4.Ca.2H2O/c1-23-19-12-8-17(9-13-19)21(22,16-6-4-3-5-7-16)18-10-14-20(24-2)15-11-18;1-3-5(7)4(2)6;2*4-1-2(5)3(6)7;;;/h3-15H,1-2H3;5,7H,3H2,1-2H3;2*2,4-5H,1H2,(H,6,7);;2*1H2/q;;;;+2;;. The average Bonchev–Trinajstić information content (AvgIpc) is 3.07. The fourth-order valence-corrected chi connectivity index (χ4v) is 3.63. The number of aliphatic hydroxyl groups is 5. The summed E-state index contributed by atoms with van der Waals surface area (Å²) < 4.78 is 10.5. The van der Waals surface area contributed by atoms with E-state index < -0.39 is 48.3 Å². The number of aliphatic carboxylic acids is 2. The first-order valence-electron chi connectivity index (χ1n) is 13.5. The zero-order valence-corrected chi connectivity index (χ0v) is 30.1. The monoisotopic (exact) mass is 728 g/mol. The van der Waals surface area contributed by atoms with Crippen LogP contribution in [0.3, 0.4) is 0 Å². The van der Waals surface area contributed by atoms with Crippen LogP contribution in [-0.2, 0) is 19.3 Å². The van der Waals surface area contributed by atoms with E-state index in [-0.39, 0.29) is 54.5 Å². The molecule has 3 unspecified atom stereocenters. The molecule has 0 bridgehead atoms. The van der Waals surface area contributed by atoms with Gasteiger partial charge in [-0.1, -0.05) is 61.5 Å². The van der Waals surface area contributed by atoms with Crippen molar-refractivity contribution in [2.24, 2.45) is 0 Å². The molecule has 0 saturated carbocycles. The number of hydrogen-bond acceptors (Lipinski definition) is 10. The Morgan fingerprint density at radius 1 is 0.667 bits per heavy atom. The quantitative estimate of drug-likeness (QED) is 0.0803. The molecule has 0 saturated heterocycles. The second-order valence-electron chi connectivity index (χ2n) is 9.09. The molecular formula is C32H45CaClO14+2. The van der Waals surface area contributed by atoms with Gasteiger partial charge in [-0.05, 0) is 54.3 Å².